The molecular formula is C9H18N4S. The smallest absolute Gasteiger partial charge is 0.214 e. The van der Waals surface area contributed by atoms with E-state index in [9.17, 15) is 0 Å². The summed E-state index contributed by atoms with van der Waals surface area (Å²) in [5.74, 6) is 7.99. The van der Waals surface area contributed by atoms with E-state index in [2.05, 4.69) is 37.9 Å². The zero-order valence-electron chi connectivity index (χ0n) is 9.11. The third-order valence-electron chi connectivity index (χ3n) is 2.47. The highest BCUT2D eigenvalue weighted by Crippen LogP contribution is 2.29. The predicted molar refractivity (Wildman–Crippen MR) is 60.0 cm³/mol. The second kappa shape index (κ2) is 4.13. The Morgan fingerprint density at radius 2 is 1.79 bits per heavy atom. The Hall–Kier alpha value is -0.840. The van der Waals surface area contributed by atoms with Gasteiger partial charge in [0.25, 0.3) is 0 Å². The summed E-state index contributed by atoms with van der Waals surface area (Å²) in [4.78, 5) is 0. The van der Waals surface area contributed by atoms with E-state index >= 15 is 0 Å². The Morgan fingerprint density at radius 3 is 2.07 bits per heavy atom. The first-order valence-corrected chi connectivity index (χ1v) is 5.28. The molecule has 1 rings (SSSR count). The van der Waals surface area contributed by atoms with E-state index in [1.807, 2.05) is 0 Å². The maximum absolute atomic E-state index is 5.80. The molecule has 80 valence electrons. The molecule has 0 aliphatic heterocycles. The molecule has 0 unspecified atom stereocenters. The van der Waals surface area contributed by atoms with Crippen molar-refractivity contribution in [3.63, 3.8) is 0 Å². The van der Waals surface area contributed by atoms with Crippen LogP contribution in [0.5, 0.6) is 0 Å². The van der Waals surface area contributed by atoms with Crippen molar-refractivity contribution in [3.05, 3.63) is 10.6 Å². The molecule has 0 amide bonds. The van der Waals surface area contributed by atoms with E-state index in [-0.39, 0.29) is 0 Å². The van der Waals surface area contributed by atoms with Crippen molar-refractivity contribution >= 4 is 12.2 Å². The van der Waals surface area contributed by atoms with Gasteiger partial charge < -0.3 is 5.84 Å². The van der Waals surface area contributed by atoms with Gasteiger partial charge in [0, 0.05) is 5.92 Å². The van der Waals surface area contributed by atoms with Gasteiger partial charge in [0.05, 0.1) is 0 Å². The van der Waals surface area contributed by atoms with Crippen LogP contribution in [0.1, 0.15) is 39.4 Å². The van der Waals surface area contributed by atoms with Crippen LogP contribution >= 0.6 is 12.2 Å². The minimum absolute atomic E-state index is 0.341. The molecule has 0 radical (unpaired) electrons. The lowest BCUT2D eigenvalue weighted by Gasteiger charge is -2.23. The topological polar surface area (TPSA) is 59.6 Å². The number of nitrogen functional groups attached to an aromatic ring is 1. The van der Waals surface area contributed by atoms with Crippen molar-refractivity contribution in [2.24, 2.45) is 11.8 Å². The standard InChI is InChI=1S/C9H18N4S/c1-5(2)7(6(3)4)8-11-12-9(14)13(8)10/h5-7H,10H2,1-4H3,(H,12,14). The van der Waals surface area contributed by atoms with Crippen molar-refractivity contribution in [2.45, 2.75) is 33.6 Å². The Morgan fingerprint density at radius 1 is 1.29 bits per heavy atom. The fourth-order valence-corrected chi connectivity index (χ4v) is 2.06. The highest BCUT2D eigenvalue weighted by atomic mass is 32.1. The Balaban J connectivity index is 3.12. The molecule has 0 aliphatic carbocycles. The Bertz CT molecular complexity index is 342. The van der Waals surface area contributed by atoms with Crippen LogP contribution < -0.4 is 5.84 Å². The number of aromatic amines is 1. The molecule has 1 aromatic heterocycles. The molecule has 1 aromatic rings. The first-order valence-electron chi connectivity index (χ1n) is 4.87. The molecule has 5 heteroatoms. The average molecular weight is 214 g/mol. The van der Waals surface area contributed by atoms with Crippen LogP contribution in [0.15, 0.2) is 0 Å². The maximum atomic E-state index is 5.80. The van der Waals surface area contributed by atoms with Gasteiger partial charge >= 0.3 is 0 Å². The van der Waals surface area contributed by atoms with Gasteiger partial charge in [0.1, 0.15) is 0 Å². The summed E-state index contributed by atoms with van der Waals surface area (Å²) in [6, 6.07) is 0. The fourth-order valence-electron chi connectivity index (χ4n) is 1.92. The van der Waals surface area contributed by atoms with Crippen LogP contribution in [-0.4, -0.2) is 14.9 Å². The first kappa shape index (κ1) is 11.2. The lowest BCUT2D eigenvalue weighted by molar-refractivity contribution is 0.365. The number of aromatic nitrogens is 3. The van der Waals surface area contributed by atoms with Crippen molar-refractivity contribution in [2.75, 3.05) is 5.84 Å². The molecule has 14 heavy (non-hydrogen) atoms. The number of nitrogens with two attached hydrogens (primary N) is 1. The van der Waals surface area contributed by atoms with Gasteiger partial charge in [-0.1, -0.05) is 27.7 Å². The summed E-state index contributed by atoms with van der Waals surface area (Å²) in [5, 5.41) is 6.90. The van der Waals surface area contributed by atoms with Crippen LogP contribution in [0.4, 0.5) is 0 Å². The number of hydrogen-bond donors (Lipinski definition) is 2. The predicted octanol–water partition coefficient (Wildman–Crippen LogP) is 2.05. The summed E-state index contributed by atoms with van der Waals surface area (Å²) in [6.07, 6.45) is 0. The number of nitrogens with zero attached hydrogens (tertiary/aromatic N) is 2. The van der Waals surface area contributed by atoms with Gasteiger partial charge in [-0.25, -0.2) is 4.68 Å². The van der Waals surface area contributed by atoms with Gasteiger partial charge in [0.15, 0.2) is 5.82 Å². The van der Waals surface area contributed by atoms with Crippen LogP contribution in [0.25, 0.3) is 0 Å². The van der Waals surface area contributed by atoms with Crippen LogP contribution in [0.3, 0.4) is 0 Å². The molecular weight excluding hydrogens is 196 g/mol. The van der Waals surface area contributed by atoms with Crippen LogP contribution in [0, 0.1) is 16.6 Å². The van der Waals surface area contributed by atoms with Gasteiger partial charge in [-0.05, 0) is 24.1 Å². The van der Waals surface area contributed by atoms with E-state index in [4.69, 9.17) is 18.1 Å². The van der Waals surface area contributed by atoms with Crippen LogP contribution in [-0.2, 0) is 0 Å². The van der Waals surface area contributed by atoms with Crippen molar-refractivity contribution < 1.29 is 0 Å². The molecule has 3 N–H and O–H groups in total. The summed E-state index contributed by atoms with van der Waals surface area (Å²) in [6.45, 7) is 8.68. The molecule has 0 atom stereocenters. The Labute approximate surface area is 89.5 Å². The fraction of sp³-hybridized carbons (Fsp3) is 0.778. The summed E-state index contributed by atoms with van der Waals surface area (Å²) in [5.41, 5.74) is 0. The molecule has 0 aromatic carbocycles. The van der Waals surface area contributed by atoms with E-state index in [1.165, 1.54) is 4.68 Å². The molecule has 0 spiro atoms. The normalized spacial score (nSPS) is 11.9. The van der Waals surface area contributed by atoms with Crippen molar-refractivity contribution in [3.8, 4) is 0 Å². The minimum Gasteiger partial charge on any atom is -0.335 e. The Kier molecular flexibility index (Phi) is 3.31. The third kappa shape index (κ3) is 1.97. The lowest BCUT2D eigenvalue weighted by atomic mass is 9.85. The van der Waals surface area contributed by atoms with E-state index < -0.39 is 0 Å². The average Bonchev–Trinajstić information content (AvgIpc) is 2.35. The second-order valence-electron chi connectivity index (χ2n) is 4.27. The number of H-pyrrole nitrogens is 1. The summed E-state index contributed by atoms with van der Waals surface area (Å²) >= 11 is 4.99. The van der Waals surface area contributed by atoms with Gasteiger partial charge in [-0.3, -0.25) is 5.10 Å². The second-order valence-corrected chi connectivity index (χ2v) is 4.66. The van der Waals surface area contributed by atoms with Crippen molar-refractivity contribution in [1.82, 2.24) is 14.9 Å². The summed E-state index contributed by atoms with van der Waals surface area (Å²) in [7, 11) is 0. The van der Waals surface area contributed by atoms with Crippen LogP contribution in [0.2, 0.25) is 0 Å². The quantitative estimate of drug-likeness (QED) is 0.598. The lowest BCUT2D eigenvalue weighted by Crippen LogP contribution is -2.22. The van der Waals surface area contributed by atoms with Gasteiger partial charge in [0.2, 0.25) is 4.77 Å². The highest BCUT2D eigenvalue weighted by molar-refractivity contribution is 7.71. The monoisotopic (exact) mass is 214 g/mol. The molecule has 1 heterocycles. The highest BCUT2D eigenvalue weighted by Gasteiger charge is 2.24. The molecule has 4 nitrogen and oxygen atoms in total. The molecule has 0 bridgehead atoms. The maximum Gasteiger partial charge on any atom is 0.214 e. The SMILES string of the molecule is CC(C)C(c1n[nH]c(=S)n1N)C(C)C. The van der Waals surface area contributed by atoms with E-state index in [0.29, 0.717) is 22.5 Å². The summed E-state index contributed by atoms with van der Waals surface area (Å²) < 4.78 is 1.95. The van der Waals surface area contributed by atoms with Gasteiger partial charge in [-0.2, -0.15) is 5.10 Å². The largest absolute Gasteiger partial charge is 0.335 e. The number of nitrogens with one attached hydrogen (secondary N) is 1. The molecule has 0 aliphatic rings. The minimum atomic E-state index is 0.341. The van der Waals surface area contributed by atoms with Crippen molar-refractivity contribution in [1.29, 1.82) is 0 Å². The zero-order valence-corrected chi connectivity index (χ0v) is 9.93. The first-order chi connectivity index (χ1) is 6.45. The zero-order chi connectivity index (χ0) is 10.9. The van der Waals surface area contributed by atoms with E-state index in [1.54, 1.807) is 0 Å². The molecule has 0 saturated heterocycles. The number of hydrogen-bond acceptors (Lipinski definition) is 3. The molecule has 0 saturated carbocycles. The van der Waals surface area contributed by atoms with E-state index in [0.717, 1.165) is 5.82 Å². The van der Waals surface area contributed by atoms with Gasteiger partial charge in [-0.15, -0.1) is 0 Å². The molecule has 0 fully saturated rings. The number of rotatable bonds is 3. The third-order valence-corrected chi connectivity index (χ3v) is 2.75.